The molecule has 3 rings (SSSR count). The second-order valence-electron chi connectivity index (χ2n) is 4.84. The number of rotatable bonds is 5. The number of ether oxygens (including phenoxy) is 1. The van der Waals surface area contributed by atoms with Crippen molar-refractivity contribution in [3.05, 3.63) is 47.5 Å². The van der Waals surface area contributed by atoms with Crippen molar-refractivity contribution >= 4 is 5.97 Å². The van der Waals surface area contributed by atoms with Crippen molar-refractivity contribution in [2.24, 2.45) is 0 Å². The van der Waals surface area contributed by atoms with Crippen LogP contribution in [0.2, 0.25) is 0 Å². The van der Waals surface area contributed by atoms with Gasteiger partial charge in [0.2, 0.25) is 11.6 Å². The highest BCUT2D eigenvalue weighted by Gasteiger charge is 2.51. The molecule has 0 spiro atoms. The van der Waals surface area contributed by atoms with Gasteiger partial charge in [-0.25, -0.2) is 9.78 Å². The van der Waals surface area contributed by atoms with Crippen LogP contribution < -0.4 is 4.74 Å². The van der Waals surface area contributed by atoms with Gasteiger partial charge in [0.05, 0.1) is 12.0 Å². The van der Waals surface area contributed by atoms with Gasteiger partial charge >= 0.3 is 11.9 Å². The molecule has 1 aliphatic carbocycles. The van der Waals surface area contributed by atoms with Gasteiger partial charge in [-0.1, -0.05) is 30.3 Å². The van der Waals surface area contributed by atoms with Gasteiger partial charge in [0.25, 0.3) is 0 Å². The Morgan fingerprint density at radius 2 is 2.10 bits per heavy atom. The Labute approximate surface area is 116 Å². The standard InChI is InChI=1S/C15H15NO4/c1-2-19-13-11(12(17)18)16-14(20-13)15(8-9-15)10-6-4-3-5-7-10/h3-7H,2,8-9H2,1H3,(H,17,18). The van der Waals surface area contributed by atoms with E-state index in [2.05, 4.69) is 4.98 Å². The van der Waals surface area contributed by atoms with Crippen molar-refractivity contribution in [3.8, 4) is 5.95 Å². The van der Waals surface area contributed by atoms with E-state index < -0.39 is 5.97 Å². The molecule has 1 fully saturated rings. The molecule has 2 aromatic rings. The first-order valence-corrected chi connectivity index (χ1v) is 6.60. The van der Waals surface area contributed by atoms with Crippen LogP contribution in [-0.2, 0) is 5.41 Å². The summed E-state index contributed by atoms with van der Waals surface area (Å²) in [6.07, 6.45) is 1.81. The van der Waals surface area contributed by atoms with Crippen LogP contribution in [0.25, 0.3) is 0 Å². The number of carbonyl (C=O) groups is 1. The maximum atomic E-state index is 11.2. The third-order valence-electron chi connectivity index (χ3n) is 3.56. The lowest BCUT2D eigenvalue weighted by Gasteiger charge is -2.10. The van der Waals surface area contributed by atoms with E-state index in [0.717, 1.165) is 18.4 Å². The molecule has 5 heteroatoms. The van der Waals surface area contributed by atoms with Crippen molar-refractivity contribution in [1.29, 1.82) is 0 Å². The molecule has 1 aromatic carbocycles. The Morgan fingerprint density at radius 3 is 2.65 bits per heavy atom. The molecular weight excluding hydrogens is 258 g/mol. The molecule has 1 saturated carbocycles. The summed E-state index contributed by atoms with van der Waals surface area (Å²) in [6.45, 7) is 2.12. The molecule has 20 heavy (non-hydrogen) atoms. The van der Waals surface area contributed by atoms with Gasteiger partial charge in [-0.3, -0.25) is 0 Å². The second-order valence-corrected chi connectivity index (χ2v) is 4.84. The molecule has 1 aliphatic rings. The Hall–Kier alpha value is -2.30. The normalized spacial score (nSPS) is 15.8. The number of aromatic carboxylic acids is 1. The van der Waals surface area contributed by atoms with E-state index in [4.69, 9.17) is 14.3 Å². The van der Waals surface area contributed by atoms with Crippen LogP contribution in [0.5, 0.6) is 5.95 Å². The molecular formula is C15H15NO4. The van der Waals surface area contributed by atoms with Crippen molar-refractivity contribution in [3.63, 3.8) is 0 Å². The van der Waals surface area contributed by atoms with Crippen LogP contribution in [0, 0.1) is 0 Å². The fourth-order valence-corrected chi connectivity index (χ4v) is 2.38. The molecule has 0 radical (unpaired) electrons. The molecule has 0 amide bonds. The van der Waals surface area contributed by atoms with Crippen LogP contribution in [0.3, 0.4) is 0 Å². The maximum absolute atomic E-state index is 11.2. The van der Waals surface area contributed by atoms with Gasteiger partial charge in [-0.15, -0.1) is 0 Å². The number of carboxylic acid groups (broad SMARTS) is 1. The topological polar surface area (TPSA) is 72.6 Å². The SMILES string of the molecule is CCOc1oc(C2(c3ccccc3)CC2)nc1C(=O)O. The fourth-order valence-electron chi connectivity index (χ4n) is 2.38. The predicted octanol–water partition coefficient (Wildman–Crippen LogP) is 2.85. The molecule has 0 unspecified atom stereocenters. The maximum Gasteiger partial charge on any atom is 0.362 e. The largest absolute Gasteiger partial charge is 0.476 e. The average Bonchev–Trinajstić information content (AvgIpc) is 3.16. The minimum atomic E-state index is -1.13. The Balaban J connectivity index is 2.03. The van der Waals surface area contributed by atoms with Gasteiger partial charge in [-0.05, 0) is 25.3 Å². The van der Waals surface area contributed by atoms with Gasteiger partial charge in [0.15, 0.2) is 0 Å². The van der Waals surface area contributed by atoms with Crippen molar-refractivity contribution in [1.82, 2.24) is 4.98 Å². The summed E-state index contributed by atoms with van der Waals surface area (Å²) in [5.74, 6) is -0.700. The van der Waals surface area contributed by atoms with Crippen molar-refractivity contribution in [2.75, 3.05) is 6.61 Å². The molecule has 5 nitrogen and oxygen atoms in total. The highest BCUT2D eigenvalue weighted by atomic mass is 16.6. The zero-order valence-corrected chi connectivity index (χ0v) is 11.1. The summed E-state index contributed by atoms with van der Waals surface area (Å²) in [7, 11) is 0. The number of nitrogens with zero attached hydrogens (tertiary/aromatic N) is 1. The minimum Gasteiger partial charge on any atom is -0.476 e. The molecule has 0 saturated heterocycles. The van der Waals surface area contributed by atoms with Crippen LogP contribution in [0.15, 0.2) is 34.7 Å². The smallest absolute Gasteiger partial charge is 0.362 e. The Morgan fingerprint density at radius 1 is 1.40 bits per heavy atom. The second kappa shape index (κ2) is 4.67. The van der Waals surface area contributed by atoms with E-state index in [1.54, 1.807) is 6.92 Å². The highest BCUT2D eigenvalue weighted by Crippen LogP contribution is 2.53. The molecule has 0 bridgehead atoms. The van der Waals surface area contributed by atoms with E-state index in [1.807, 2.05) is 30.3 Å². The van der Waals surface area contributed by atoms with Gasteiger partial charge < -0.3 is 14.3 Å². The molecule has 1 aromatic heterocycles. The number of hydrogen-bond acceptors (Lipinski definition) is 4. The van der Waals surface area contributed by atoms with E-state index in [1.165, 1.54) is 0 Å². The first-order valence-electron chi connectivity index (χ1n) is 6.60. The highest BCUT2D eigenvalue weighted by molar-refractivity contribution is 5.87. The number of carboxylic acids is 1. The summed E-state index contributed by atoms with van der Waals surface area (Å²) < 4.78 is 10.8. The zero-order valence-electron chi connectivity index (χ0n) is 11.1. The van der Waals surface area contributed by atoms with E-state index in [9.17, 15) is 4.79 Å². The number of oxazole rings is 1. The molecule has 0 atom stereocenters. The quantitative estimate of drug-likeness (QED) is 0.906. The monoisotopic (exact) mass is 273 g/mol. The first kappa shape index (κ1) is 12.7. The average molecular weight is 273 g/mol. The summed E-state index contributed by atoms with van der Waals surface area (Å²) in [6, 6.07) is 9.89. The molecule has 1 heterocycles. The van der Waals surface area contributed by atoms with Crippen LogP contribution >= 0.6 is 0 Å². The van der Waals surface area contributed by atoms with E-state index >= 15 is 0 Å². The fraction of sp³-hybridized carbons (Fsp3) is 0.333. The van der Waals surface area contributed by atoms with Gasteiger partial charge in [0.1, 0.15) is 0 Å². The lowest BCUT2D eigenvalue weighted by molar-refractivity contribution is 0.0683. The van der Waals surface area contributed by atoms with Crippen LogP contribution in [0.4, 0.5) is 0 Å². The lowest BCUT2D eigenvalue weighted by Crippen LogP contribution is -2.09. The summed E-state index contributed by atoms with van der Waals surface area (Å²) >= 11 is 0. The van der Waals surface area contributed by atoms with E-state index in [-0.39, 0.29) is 17.1 Å². The number of benzene rings is 1. The third kappa shape index (κ3) is 1.95. The molecule has 1 N–H and O–H groups in total. The zero-order chi connectivity index (χ0) is 14.2. The lowest BCUT2D eigenvalue weighted by atomic mass is 9.96. The predicted molar refractivity (Wildman–Crippen MR) is 71.1 cm³/mol. The summed E-state index contributed by atoms with van der Waals surface area (Å²) in [4.78, 5) is 15.3. The van der Waals surface area contributed by atoms with Crippen molar-refractivity contribution < 1.29 is 19.1 Å². The summed E-state index contributed by atoms with van der Waals surface area (Å²) in [5.41, 5.74) is 0.658. The molecule has 104 valence electrons. The van der Waals surface area contributed by atoms with Gasteiger partial charge in [-0.2, -0.15) is 0 Å². The van der Waals surface area contributed by atoms with Crippen LogP contribution in [0.1, 0.15) is 41.7 Å². The Kier molecular flexibility index (Phi) is 2.97. The number of aromatic nitrogens is 1. The first-order chi connectivity index (χ1) is 9.67. The van der Waals surface area contributed by atoms with Crippen LogP contribution in [-0.4, -0.2) is 22.7 Å². The Bertz CT molecular complexity index is 629. The minimum absolute atomic E-state index is 0.00259. The number of hydrogen-bond donors (Lipinski definition) is 1. The van der Waals surface area contributed by atoms with Crippen molar-refractivity contribution in [2.45, 2.75) is 25.2 Å². The van der Waals surface area contributed by atoms with E-state index in [0.29, 0.717) is 12.5 Å². The summed E-state index contributed by atoms with van der Waals surface area (Å²) in [5, 5.41) is 9.16. The van der Waals surface area contributed by atoms with Gasteiger partial charge in [0, 0.05) is 0 Å². The molecule has 0 aliphatic heterocycles. The third-order valence-corrected chi connectivity index (χ3v) is 3.56.